The third-order valence-electron chi connectivity index (χ3n) is 5.03. The SMILES string of the molecule is CCn1cc(NC(=O)Cn2nc(C(F)F)c(Cl)c2C2CC2)c(C(=O)Nc2ccccc2)n1. The van der Waals surface area contributed by atoms with Crippen molar-refractivity contribution in [1.29, 1.82) is 0 Å². The van der Waals surface area contributed by atoms with Crippen LogP contribution in [0.5, 0.6) is 0 Å². The Balaban J connectivity index is 1.53. The van der Waals surface area contributed by atoms with Crippen molar-refractivity contribution in [2.24, 2.45) is 0 Å². The lowest BCUT2D eigenvalue weighted by Gasteiger charge is -2.09. The minimum Gasteiger partial charge on any atom is -0.321 e. The van der Waals surface area contributed by atoms with Crippen molar-refractivity contribution in [3.63, 3.8) is 0 Å². The molecule has 11 heteroatoms. The number of hydrogen-bond donors (Lipinski definition) is 2. The van der Waals surface area contributed by atoms with Crippen LogP contribution in [0.4, 0.5) is 20.2 Å². The normalized spacial score (nSPS) is 13.4. The summed E-state index contributed by atoms with van der Waals surface area (Å²) in [5.74, 6) is -0.999. The van der Waals surface area contributed by atoms with E-state index in [9.17, 15) is 18.4 Å². The highest BCUT2D eigenvalue weighted by Crippen LogP contribution is 2.45. The summed E-state index contributed by atoms with van der Waals surface area (Å²) >= 11 is 6.11. The Hall–Kier alpha value is -3.27. The van der Waals surface area contributed by atoms with Crippen LogP contribution in [0.1, 0.15) is 54.0 Å². The molecule has 0 unspecified atom stereocenters. The minimum atomic E-state index is -2.83. The van der Waals surface area contributed by atoms with E-state index in [1.165, 1.54) is 9.36 Å². The molecule has 2 aromatic heterocycles. The first-order valence-electron chi connectivity index (χ1n) is 10.1. The summed E-state index contributed by atoms with van der Waals surface area (Å²) in [5, 5.41) is 13.4. The number of carbonyl (C=O) groups excluding carboxylic acids is 2. The molecule has 1 fully saturated rings. The Morgan fingerprint density at radius 2 is 1.91 bits per heavy atom. The number of benzene rings is 1. The van der Waals surface area contributed by atoms with Crippen LogP contribution in [0.15, 0.2) is 36.5 Å². The maximum atomic E-state index is 13.2. The summed E-state index contributed by atoms with van der Waals surface area (Å²) in [6.45, 7) is 2.02. The quantitative estimate of drug-likeness (QED) is 0.517. The first-order chi connectivity index (χ1) is 15.4. The molecule has 0 atom stereocenters. The number of nitrogens with one attached hydrogen (secondary N) is 2. The molecule has 2 amide bonds. The summed E-state index contributed by atoms with van der Waals surface area (Å²) in [4.78, 5) is 25.4. The maximum Gasteiger partial charge on any atom is 0.283 e. The van der Waals surface area contributed by atoms with Crippen LogP contribution in [0.3, 0.4) is 0 Å². The highest BCUT2D eigenvalue weighted by Gasteiger charge is 2.34. The van der Waals surface area contributed by atoms with Gasteiger partial charge in [0.05, 0.1) is 16.4 Å². The van der Waals surface area contributed by atoms with Gasteiger partial charge in [0, 0.05) is 24.3 Å². The van der Waals surface area contributed by atoms with Crippen LogP contribution in [-0.4, -0.2) is 31.4 Å². The number of nitrogens with zero attached hydrogens (tertiary/aromatic N) is 4. The molecule has 4 rings (SSSR count). The first-order valence-corrected chi connectivity index (χ1v) is 10.5. The molecule has 0 saturated heterocycles. The van der Waals surface area contributed by atoms with E-state index in [1.54, 1.807) is 30.5 Å². The smallest absolute Gasteiger partial charge is 0.283 e. The van der Waals surface area contributed by atoms with E-state index in [2.05, 4.69) is 20.8 Å². The molecule has 32 heavy (non-hydrogen) atoms. The number of amides is 2. The molecule has 2 N–H and O–H groups in total. The fourth-order valence-electron chi connectivity index (χ4n) is 3.36. The Morgan fingerprint density at radius 1 is 1.19 bits per heavy atom. The zero-order valence-corrected chi connectivity index (χ0v) is 17.9. The highest BCUT2D eigenvalue weighted by molar-refractivity contribution is 6.32. The fourth-order valence-corrected chi connectivity index (χ4v) is 3.73. The van der Waals surface area contributed by atoms with Crippen LogP contribution in [0.2, 0.25) is 5.02 Å². The lowest BCUT2D eigenvalue weighted by Crippen LogP contribution is -2.22. The number of rotatable bonds is 8. The topological polar surface area (TPSA) is 93.8 Å². The van der Waals surface area contributed by atoms with Crippen molar-refractivity contribution in [3.05, 3.63) is 58.6 Å². The molecule has 1 aromatic carbocycles. The van der Waals surface area contributed by atoms with Crippen LogP contribution < -0.4 is 10.6 Å². The van der Waals surface area contributed by atoms with E-state index < -0.39 is 23.9 Å². The van der Waals surface area contributed by atoms with Gasteiger partial charge in [0.2, 0.25) is 5.91 Å². The van der Waals surface area contributed by atoms with E-state index in [4.69, 9.17) is 11.6 Å². The lowest BCUT2D eigenvalue weighted by molar-refractivity contribution is -0.117. The average molecular weight is 463 g/mol. The molecule has 0 bridgehead atoms. The van der Waals surface area contributed by atoms with Gasteiger partial charge in [-0.3, -0.25) is 19.0 Å². The Kier molecular flexibility index (Phi) is 6.22. The predicted octanol–water partition coefficient (Wildman–Crippen LogP) is 4.46. The zero-order chi connectivity index (χ0) is 22.8. The number of aromatic nitrogens is 4. The molecule has 1 aliphatic carbocycles. The molecule has 3 aromatic rings. The van der Waals surface area contributed by atoms with Crippen LogP contribution in [0.25, 0.3) is 0 Å². The van der Waals surface area contributed by atoms with Gasteiger partial charge in [-0.25, -0.2) is 8.78 Å². The van der Waals surface area contributed by atoms with E-state index in [0.717, 1.165) is 12.8 Å². The number of alkyl halides is 2. The third-order valence-corrected chi connectivity index (χ3v) is 5.41. The fraction of sp³-hybridized carbons (Fsp3) is 0.333. The van der Waals surface area contributed by atoms with Crippen molar-refractivity contribution in [1.82, 2.24) is 19.6 Å². The molecule has 2 heterocycles. The maximum absolute atomic E-state index is 13.2. The van der Waals surface area contributed by atoms with Crippen LogP contribution in [0, 0.1) is 0 Å². The molecular formula is C21H21ClF2N6O2. The van der Waals surface area contributed by atoms with E-state index in [0.29, 0.717) is 17.9 Å². The van der Waals surface area contributed by atoms with E-state index >= 15 is 0 Å². The highest BCUT2D eigenvalue weighted by atomic mass is 35.5. The van der Waals surface area contributed by atoms with Gasteiger partial charge in [0.15, 0.2) is 5.69 Å². The van der Waals surface area contributed by atoms with Crippen molar-refractivity contribution in [2.45, 2.75) is 45.2 Å². The van der Waals surface area contributed by atoms with Gasteiger partial charge >= 0.3 is 0 Å². The second-order valence-corrected chi connectivity index (χ2v) is 7.81. The van der Waals surface area contributed by atoms with Gasteiger partial charge in [0.25, 0.3) is 12.3 Å². The number of halogens is 3. The summed E-state index contributed by atoms with van der Waals surface area (Å²) in [6.07, 6.45) is 0.326. The molecule has 8 nitrogen and oxygen atoms in total. The number of hydrogen-bond acceptors (Lipinski definition) is 4. The van der Waals surface area contributed by atoms with E-state index in [1.807, 2.05) is 13.0 Å². The lowest BCUT2D eigenvalue weighted by atomic mass is 10.2. The molecule has 0 aliphatic heterocycles. The largest absolute Gasteiger partial charge is 0.321 e. The van der Waals surface area contributed by atoms with Crippen LogP contribution >= 0.6 is 11.6 Å². The standard InChI is InChI=1S/C21H21ClF2N6O2/c1-2-29-10-14(17(27-29)21(32)25-13-6-4-3-5-7-13)26-15(31)11-30-19(12-8-9-12)16(22)18(28-30)20(23)24/h3-7,10,12,20H,2,8-9,11H2,1H3,(H,25,32)(H,26,31). The van der Waals surface area contributed by atoms with Gasteiger partial charge in [-0.05, 0) is 31.9 Å². The monoisotopic (exact) mass is 462 g/mol. The molecule has 168 valence electrons. The van der Waals surface area contributed by atoms with Crippen molar-refractivity contribution < 1.29 is 18.4 Å². The minimum absolute atomic E-state index is 0.0188. The number of carbonyl (C=O) groups is 2. The number of aryl methyl sites for hydroxylation is 1. The summed E-state index contributed by atoms with van der Waals surface area (Å²) in [6, 6.07) is 8.85. The molecule has 0 radical (unpaired) electrons. The van der Waals surface area contributed by atoms with Gasteiger partial charge in [-0.2, -0.15) is 10.2 Å². The predicted molar refractivity (Wildman–Crippen MR) is 115 cm³/mol. The Bertz CT molecular complexity index is 1140. The van der Waals surface area contributed by atoms with Crippen LogP contribution in [-0.2, 0) is 17.9 Å². The van der Waals surface area contributed by atoms with Gasteiger partial charge in [-0.1, -0.05) is 29.8 Å². The van der Waals surface area contributed by atoms with Crippen molar-refractivity contribution >= 4 is 34.8 Å². The molecule has 1 aliphatic rings. The van der Waals surface area contributed by atoms with Crippen molar-refractivity contribution in [3.8, 4) is 0 Å². The summed E-state index contributed by atoms with van der Waals surface area (Å²) in [5.41, 5.74) is 0.760. The third kappa shape index (κ3) is 4.64. The molecule has 0 spiro atoms. The van der Waals surface area contributed by atoms with Gasteiger partial charge in [0.1, 0.15) is 12.2 Å². The second kappa shape index (κ2) is 9.07. The first kappa shape index (κ1) is 21.9. The van der Waals surface area contributed by atoms with Gasteiger partial charge in [-0.15, -0.1) is 0 Å². The average Bonchev–Trinajstić information content (AvgIpc) is 3.42. The molecular weight excluding hydrogens is 442 g/mol. The Morgan fingerprint density at radius 3 is 2.53 bits per heavy atom. The zero-order valence-electron chi connectivity index (χ0n) is 17.2. The number of para-hydroxylation sites is 1. The second-order valence-electron chi connectivity index (χ2n) is 7.43. The van der Waals surface area contributed by atoms with Crippen molar-refractivity contribution in [2.75, 3.05) is 10.6 Å². The summed E-state index contributed by atoms with van der Waals surface area (Å²) < 4.78 is 29.2. The van der Waals surface area contributed by atoms with E-state index in [-0.39, 0.29) is 28.9 Å². The Labute approximate surface area is 187 Å². The number of anilines is 2. The van der Waals surface area contributed by atoms with Gasteiger partial charge < -0.3 is 10.6 Å². The molecule has 1 saturated carbocycles. The summed E-state index contributed by atoms with van der Waals surface area (Å²) in [7, 11) is 0.